The first-order valence-electron chi connectivity index (χ1n) is 7.34. The lowest BCUT2D eigenvalue weighted by atomic mass is 10.1. The number of aryl methyl sites for hydroxylation is 1. The standard InChI is InChI=1S/C16H20N2O2/c1-11-5-2-3-6-13(11)17-15(19)14-7-4-10-18(14)16(20)12-8-9-12/h2-3,5-6,12,14H,4,7-10H2,1H3,(H,17,19). The highest BCUT2D eigenvalue weighted by Gasteiger charge is 2.40. The Morgan fingerprint density at radius 1 is 1.20 bits per heavy atom. The van der Waals surface area contributed by atoms with Gasteiger partial charge in [0, 0.05) is 18.2 Å². The molecule has 1 aromatic rings. The number of benzene rings is 1. The molecule has 1 saturated carbocycles. The van der Waals surface area contributed by atoms with Crippen molar-refractivity contribution in [3.63, 3.8) is 0 Å². The van der Waals surface area contributed by atoms with Crippen LogP contribution in [0.15, 0.2) is 24.3 Å². The van der Waals surface area contributed by atoms with Crippen LogP contribution in [0.4, 0.5) is 5.69 Å². The normalized spacial score (nSPS) is 21.9. The van der Waals surface area contributed by atoms with E-state index < -0.39 is 0 Å². The summed E-state index contributed by atoms with van der Waals surface area (Å²) in [4.78, 5) is 26.4. The summed E-state index contributed by atoms with van der Waals surface area (Å²) in [6, 6.07) is 7.43. The molecule has 4 heteroatoms. The Kier molecular flexibility index (Phi) is 3.47. The van der Waals surface area contributed by atoms with Gasteiger partial charge in [-0.15, -0.1) is 0 Å². The zero-order valence-corrected chi connectivity index (χ0v) is 11.8. The minimum Gasteiger partial charge on any atom is -0.330 e. The Labute approximate surface area is 119 Å². The molecular formula is C16H20N2O2. The van der Waals surface area contributed by atoms with E-state index in [9.17, 15) is 9.59 Å². The number of anilines is 1. The first-order valence-corrected chi connectivity index (χ1v) is 7.34. The predicted molar refractivity (Wildman–Crippen MR) is 77.3 cm³/mol. The van der Waals surface area contributed by atoms with Crippen LogP contribution >= 0.6 is 0 Å². The Morgan fingerprint density at radius 3 is 2.65 bits per heavy atom. The zero-order valence-electron chi connectivity index (χ0n) is 11.8. The van der Waals surface area contributed by atoms with Gasteiger partial charge in [-0.2, -0.15) is 0 Å². The van der Waals surface area contributed by atoms with Crippen LogP contribution in [0.5, 0.6) is 0 Å². The van der Waals surface area contributed by atoms with Crippen LogP contribution in [0.3, 0.4) is 0 Å². The second-order valence-electron chi connectivity index (χ2n) is 5.77. The quantitative estimate of drug-likeness (QED) is 0.918. The number of amides is 2. The number of nitrogens with zero attached hydrogens (tertiary/aromatic N) is 1. The van der Waals surface area contributed by atoms with Crippen LogP contribution in [0.1, 0.15) is 31.2 Å². The van der Waals surface area contributed by atoms with Crippen molar-refractivity contribution in [2.75, 3.05) is 11.9 Å². The van der Waals surface area contributed by atoms with Crippen LogP contribution in [0.2, 0.25) is 0 Å². The molecule has 1 saturated heterocycles. The minimum absolute atomic E-state index is 0.0502. The van der Waals surface area contributed by atoms with Crippen LogP contribution in [-0.2, 0) is 9.59 Å². The number of hydrogen-bond donors (Lipinski definition) is 1. The molecule has 1 heterocycles. The van der Waals surface area contributed by atoms with Crippen LogP contribution in [0.25, 0.3) is 0 Å². The zero-order chi connectivity index (χ0) is 14.1. The van der Waals surface area contributed by atoms with Gasteiger partial charge in [0.25, 0.3) is 0 Å². The number of carbonyl (C=O) groups excluding carboxylic acids is 2. The van der Waals surface area contributed by atoms with Crippen LogP contribution < -0.4 is 5.32 Å². The minimum atomic E-state index is -0.289. The molecule has 1 aromatic carbocycles. The Morgan fingerprint density at radius 2 is 1.95 bits per heavy atom. The lowest BCUT2D eigenvalue weighted by Gasteiger charge is -2.24. The fourth-order valence-corrected chi connectivity index (χ4v) is 2.80. The van der Waals surface area contributed by atoms with E-state index in [1.54, 1.807) is 4.90 Å². The summed E-state index contributed by atoms with van der Waals surface area (Å²) in [5, 5.41) is 2.96. The van der Waals surface area contributed by atoms with Gasteiger partial charge in [-0.1, -0.05) is 18.2 Å². The van der Waals surface area contributed by atoms with Crippen molar-refractivity contribution < 1.29 is 9.59 Å². The summed E-state index contributed by atoms with van der Waals surface area (Å²) >= 11 is 0. The summed E-state index contributed by atoms with van der Waals surface area (Å²) in [5.74, 6) is 0.306. The molecule has 0 radical (unpaired) electrons. The largest absolute Gasteiger partial charge is 0.330 e. The Bertz CT molecular complexity index is 537. The topological polar surface area (TPSA) is 49.4 Å². The van der Waals surface area contributed by atoms with Gasteiger partial charge < -0.3 is 10.2 Å². The van der Waals surface area contributed by atoms with Gasteiger partial charge in [-0.05, 0) is 44.2 Å². The maximum Gasteiger partial charge on any atom is 0.247 e. The van der Waals surface area contributed by atoms with Gasteiger partial charge in [-0.25, -0.2) is 0 Å². The van der Waals surface area contributed by atoms with Gasteiger partial charge in [0.15, 0.2) is 0 Å². The number of hydrogen-bond acceptors (Lipinski definition) is 2. The van der Waals surface area contributed by atoms with Crippen molar-refractivity contribution >= 4 is 17.5 Å². The second kappa shape index (κ2) is 5.27. The molecule has 2 fully saturated rings. The highest BCUT2D eigenvalue weighted by atomic mass is 16.2. The third kappa shape index (κ3) is 2.55. The predicted octanol–water partition coefficient (Wildman–Crippen LogP) is 2.33. The Balaban J connectivity index is 1.69. The fraction of sp³-hybridized carbons (Fsp3) is 0.500. The highest BCUT2D eigenvalue weighted by molar-refractivity contribution is 5.98. The van der Waals surface area contributed by atoms with Crippen molar-refractivity contribution in [2.24, 2.45) is 5.92 Å². The lowest BCUT2D eigenvalue weighted by Crippen LogP contribution is -2.43. The van der Waals surface area contributed by atoms with E-state index in [0.717, 1.165) is 43.5 Å². The molecule has 106 valence electrons. The molecule has 1 unspecified atom stereocenters. The summed E-state index contributed by atoms with van der Waals surface area (Å²) in [5.41, 5.74) is 1.88. The summed E-state index contributed by atoms with van der Waals surface area (Å²) in [7, 11) is 0. The average Bonchev–Trinajstić information content (AvgIpc) is 3.17. The third-order valence-corrected chi connectivity index (χ3v) is 4.17. The van der Waals surface area contributed by atoms with Crippen molar-refractivity contribution in [3.05, 3.63) is 29.8 Å². The molecule has 20 heavy (non-hydrogen) atoms. The fourth-order valence-electron chi connectivity index (χ4n) is 2.80. The molecular weight excluding hydrogens is 252 g/mol. The molecule has 1 aliphatic carbocycles. The molecule has 1 atom stereocenters. The average molecular weight is 272 g/mol. The van der Waals surface area contributed by atoms with Gasteiger partial charge >= 0.3 is 0 Å². The molecule has 0 spiro atoms. The molecule has 0 bridgehead atoms. The van der Waals surface area contributed by atoms with E-state index in [-0.39, 0.29) is 23.8 Å². The van der Waals surface area contributed by atoms with E-state index in [1.165, 1.54) is 0 Å². The van der Waals surface area contributed by atoms with Crippen molar-refractivity contribution in [3.8, 4) is 0 Å². The van der Waals surface area contributed by atoms with E-state index in [2.05, 4.69) is 5.32 Å². The van der Waals surface area contributed by atoms with Crippen molar-refractivity contribution in [1.29, 1.82) is 0 Å². The maximum atomic E-state index is 12.4. The SMILES string of the molecule is Cc1ccccc1NC(=O)C1CCCN1C(=O)C1CC1. The van der Waals surface area contributed by atoms with Gasteiger partial charge in [0.1, 0.15) is 6.04 Å². The number of rotatable bonds is 3. The van der Waals surface area contributed by atoms with Gasteiger partial charge in [0.2, 0.25) is 11.8 Å². The molecule has 4 nitrogen and oxygen atoms in total. The summed E-state index contributed by atoms with van der Waals surface area (Å²) in [6.45, 7) is 2.69. The third-order valence-electron chi connectivity index (χ3n) is 4.17. The highest BCUT2D eigenvalue weighted by Crippen LogP contribution is 2.34. The monoisotopic (exact) mass is 272 g/mol. The molecule has 1 N–H and O–H groups in total. The van der Waals surface area contributed by atoms with Gasteiger partial charge in [-0.3, -0.25) is 9.59 Å². The van der Waals surface area contributed by atoms with Crippen LogP contribution in [0, 0.1) is 12.8 Å². The number of para-hydroxylation sites is 1. The van der Waals surface area contributed by atoms with Crippen LogP contribution in [-0.4, -0.2) is 29.3 Å². The maximum absolute atomic E-state index is 12.4. The summed E-state index contributed by atoms with van der Waals surface area (Å²) in [6.07, 6.45) is 3.67. The second-order valence-corrected chi connectivity index (χ2v) is 5.77. The number of carbonyl (C=O) groups is 2. The van der Waals surface area contributed by atoms with E-state index in [4.69, 9.17) is 0 Å². The Hall–Kier alpha value is -1.84. The molecule has 2 amide bonds. The number of nitrogens with one attached hydrogen (secondary N) is 1. The van der Waals surface area contributed by atoms with Crippen molar-refractivity contribution in [1.82, 2.24) is 4.90 Å². The smallest absolute Gasteiger partial charge is 0.247 e. The summed E-state index contributed by atoms with van der Waals surface area (Å²) < 4.78 is 0. The molecule has 1 aliphatic heterocycles. The van der Waals surface area contributed by atoms with E-state index in [1.807, 2.05) is 31.2 Å². The van der Waals surface area contributed by atoms with Crippen molar-refractivity contribution in [2.45, 2.75) is 38.6 Å². The van der Waals surface area contributed by atoms with E-state index >= 15 is 0 Å². The lowest BCUT2D eigenvalue weighted by molar-refractivity contribution is -0.137. The first kappa shape index (κ1) is 13.2. The number of likely N-dealkylation sites (tertiary alicyclic amines) is 1. The van der Waals surface area contributed by atoms with E-state index in [0.29, 0.717) is 0 Å². The molecule has 2 aliphatic rings. The molecule has 0 aromatic heterocycles. The first-order chi connectivity index (χ1) is 9.66. The van der Waals surface area contributed by atoms with Gasteiger partial charge in [0.05, 0.1) is 0 Å². The molecule has 3 rings (SSSR count).